The Morgan fingerprint density at radius 3 is 2.25 bits per heavy atom. The fourth-order valence-corrected chi connectivity index (χ4v) is 5.46. The van der Waals surface area contributed by atoms with Gasteiger partial charge in [0.05, 0.1) is 0 Å². The molecule has 0 radical (unpaired) electrons. The lowest BCUT2D eigenvalue weighted by atomic mass is 10.1. The summed E-state index contributed by atoms with van der Waals surface area (Å²) in [5.74, 6) is 0. The van der Waals surface area contributed by atoms with Crippen molar-refractivity contribution in [2.75, 3.05) is 6.54 Å². The predicted molar refractivity (Wildman–Crippen MR) is 89.8 cm³/mol. The lowest BCUT2D eigenvalue weighted by molar-refractivity contribution is 0.560. The summed E-state index contributed by atoms with van der Waals surface area (Å²) < 4.78 is 27.7. The zero-order valence-electron chi connectivity index (χ0n) is 12.0. The fourth-order valence-electron chi connectivity index (χ4n) is 2.00. The van der Waals surface area contributed by atoms with Crippen LogP contribution in [-0.4, -0.2) is 15.0 Å². The van der Waals surface area contributed by atoms with Crippen LogP contribution in [0.15, 0.2) is 20.1 Å². The van der Waals surface area contributed by atoms with Crippen LogP contribution in [0.1, 0.15) is 58.3 Å². The first-order valence-corrected chi connectivity index (χ1v) is 10.5. The summed E-state index contributed by atoms with van der Waals surface area (Å²) in [5, 5.41) is 1.77. The van der Waals surface area contributed by atoms with Crippen LogP contribution in [0.4, 0.5) is 0 Å². The molecule has 0 spiro atoms. The summed E-state index contributed by atoms with van der Waals surface area (Å²) >= 11 is 4.50. The van der Waals surface area contributed by atoms with E-state index in [1.54, 1.807) is 11.4 Å². The first-order valence-electron chi connectivity index (χ1n) is 7.30. The number of rotatable bonds is 11. The van der Waals surface area contributed by atoms with Crippen molar-refractivity contribution in [3.8, 4) is 0 Å². The fraction of sp³-hybridized carbons (Fsp3) is 0.714. The molecule has 0 aliphatic heterocycles. The Hall–Kier alpha value is 0.0900. The third-order valence-corrected chi connectivity index (χ3v) is 7.28. The zero-order valence-corrected chi connectivity index (χ0v) is 15.2. The molecule has 1 rings (SSSR count). The SMILES string of the molecule is CCCCCCCCCCNS(=O)(=O)c1sccc1Br. The molecule has 0 saturated carbocycles. The van der Waals surface area contributed by atoms with Crippen molar-refractivity contribution in [1.82, 2.24) is 4.72 Å². The van der Waals surface area contributed by atoms with Crippen molar-refractivity contribution >= 4 is 37.3 Å². The van der Waals surface area contributed by atoms with Gasteiger partial charge in [0.1, 0.15) is 4.21 Å². The van der Waals surface area contributed by atoms with Gasteiger partial charge in [-0.25, -0.2) is 13.1 Å². The highest BCUT2D eigenvalue weighted by Crippen LogP contribution is 2.27. The summed E-state index contributed by atoms with van der Waals surface area (Å²) in [6, 6.07) is 1.76. The Morgan fingerprint density at radius 2 is 1.70 bits per heavy atom. The molecule has 0 aliphatic rings. The summed E-state index contributed by atoms with van der Waals surface area (Å²) in [5.41, 5.74) is 0. The average molecular weight is 382 g/mol. The summed E-state index contributed by atoms with van der Waals surface area (Å²) in [4.78, 5) is 0. The summed E-state index contributed by atoms with van der Waals surface area (Å²) in [6.07, 6.45) is 9.72. The van der Waals surface area contributed by atoms with Crippen LogP contribution in [0.25, 0.3) is 0 Å². The Morgan fingerprint density at radius 1 is 1.10 bits per heavy atom. The van der Waals surface area contributed by atoms with E-state index in [0.717, 1.165) is 12.8 Å². The maximum absolute atomic E-state index is 12.0. The zero-order chi connectivity index (χ0) is 14.8. The molecule has 0 amide bonds. The molecule has 0 atom stereocenters. The van der Waals surface area contributed by atoms with E-state index in [1.807, 2.05) is 0 Å². The number of hydrogen-bond donors (Lipinski definition) is 1. The quantitative estimate of drug-likeness (QED) is 0.552. The molecule has 0 fully saturated rings. The van der Waals surface area contributed by atoms with E-state index in [4.69, 9.17) is 0 Å². The minimum absolute atomic E-state index is 0.372. The molecule has 20 heavy (non-hydrogen) atoms. The third-order valence-electron chi connectivity index (χ3n) is 3.15. The van der Waals surface area contributed by atoms with Gasteiger partial charge in [-0.05, 0) is 33.8 Å². The van der Waals surface area contributed by atoms with Gasteiger partial charge in [0.25, 0.3) is 10.0 Å². The highest BCUT2D eigenvalue weighted by atomic mass is 79.9. The van der Waals surface area contributed by atoms with Crippen molar-refractivity contribution in [3.05, 3.63) is 15.9 Å². The maximum Gasteiger partial charge on any atom is 0.251 e. The van der Waals surface area contributed by atoms with Crippen LogP contribution < -0.4 is 4.72 Å². The van der Waals surface area contributed by atoms with Crippen LogP contribution in [0.5, 0.6) is 0 Å². The van der Waals surface area contributed by atoms with Gasteiger partial charge in [-0.1, -0.05) is 51.9 Å². The van der Waals surface area contributed by atoms with E-state index in [1.165, 1.54) is 49.9 Å². The van der Waals surface area contributed by atoms with Gasteiger partial charge in [-0.3, -0.25) is 0 Å². The molecule has 3 nitrogen and oxygen atoms in total. The molecular weight excluding hydrogens is 358 g/mol. The van der Waals surface area contributed by atoms with E-state index < -0.39 is 10.0 Å². The van der Waals surface area contributed by atoms with E-state index in [0.29, 0.717) is 15.2 Å². The van der Waals surface area contributed by atoms with Crippen molar-refractivity contribution in [2.24, 2.45) is 0 Å². The highest BCUT2D eigenvalue weighted by molar-refractivity contribution is 9.10. The number of halogens is 1. The molecular formula is C14H24BrNO2S2. The Kier molecular flexibility index (Phi) is 9.00. The molecule has 0 unspecified atom stereocenters. The second-order valence-electron chi connectivity index (χ2n) is 4.93. The standard InChI is InChI=1S/C14H24BrNO2S2/c1-2-3-4-5-6-7-8-9-11-16-20(17,18)14-13(15)10-12-19-14/h10,12,16H,2-9,11H2,1H3. The molecule has 0 aliphatic carbocycles. The van der Waals surface area contributed by atoms with Crippen molar-refractivity contribution in [2.45, 2.75) is 62.5 Å². The molecule has 1 heterocycles. The number of sulfonamides is 1. The van der Waals surface area contributed by atoms with Crippen molar-refractivity contribution in [1.29, 1.82) is 0 Å². The Balaban J connectivity index is 2.11. The van der Waals surface area contributed by atoms with Gasteiger partial charge < -0.3 is 0 Å². The third kappa shape index (κ3) is 6.70. The molecule has 0 saturated heterocycles. The van der Waals surface area contributed by atoms with Crippen LogP contribution in [0.3, 0.4) is 0 Å². The van der Waals surface area contributed by atoms with Gasteiger partial charge in [0.2, 0.25) is 0 Å². The predicted octanol–water partition coefficient (Wildman–Crippen LogP) is 4.93. The Bertz CT molecular complexity index is 471. The number of thiophene rings is 1. The second kappa shape index (κ2) is 9.92. The second-order valence-corrected chi connectivity index (χ2v) is 8.66. The molecule has 1 aromatic rings. The maximum atomic E-state index is 12.0. The van der Waals surface area contributed by atoms with Crippen LogP contribution >= 0.6 is 27.3 Å². The van der Waals surface area contributed by atoms with Gasteiger partial charge in [-0.15, -0.1) is 11.3 Å². The van der Waals surface area contributed by atoms with Crippen LogP contribution in [0, 0.1) is 0 Å². The molecule has 116 valence electrons. The van der Waals surface area contributed by atoms with Gasteiger partial charge in [0, 0.05) is 11.0 Å². The molecule has 1 aromatic heterocycles. The van der Waals surface area contributed by atoms with Gasteiger partial charge in [-0.2, -0.15) is 0 Å². The average Bonchev–Trinajstić information content (AvgIpc) is 2.84. The number of hydrogen-bond acceptors (Lipinski definition) is 3. The summed E-state index contributed by atoms with van der Waals surface area (Å²) in [6.45, 7) is 2.75. The molecule has 0 aromatic carbocycles. The monoisotopic (exact) mass is 381 g/mol. The van der Waals surface area contributed by atoms with Gasteiger partial charge in [0.15, 0.2) is 0 Å². The largest absolute Gasteiger partial charge is 0.251 e. The highest BCUT2D eigenvalue weighted by Gasteiger charge is 2.17. The molecule has 0 bridgehead atoms. The number of unbranched alkanes of at least 4 members (excludes halogenated alkanes) is 7. The van der Waals surface area contributed by atoms with Crippen molar-refractivity contribution in [3.63, 3.8) is 0 Å². The minimum atomic E-state index is -3.33. The lowest BCUT2D eigenvalue weighted by Crippen LogP contribution is -2.24. The normalized spacial score (nSPS) is 11.9. The molecule has 1 N–H and O–H groups in total. The minimum Gasteiger partial charge on any atom is -0.210 e. The molecule has 6 heteroatoms. The first-order chi connectivity index (χ1) is 9.58. The first kappa shape index (κ1) is 18.1. The van der Waals surface area contributed by atoms with Gasteiger partial charge >= 0.3 is 0 Å². The van der Waals surface area contributed by atoms with E-state index in [-0.39, 0.29) is 0 Å². The van der Waals surface area contributed by atoms with E-state index in [2.05, 4.69) is 27.6 Å². The van der Waals surface area contributed by atoms with E-state index in [9.17, 15) is 8.42 Å². The lowest BCUT2D eigenvalue weighted by Gasteiger charge is -2.05. The Labute approximate surface area is 135 Å². The van der Waals surface area contributed by atoms with Crippen LogP contribution in [-0.2, 0) is 10.0 Å². The smallest absolute Gasteiger partial charge is 0.210 e. The van der Waals surface area contributed by atoms with Crippen LogP contribution in [0.2, 0.25) is 0 Å². The summed E-state index contributed by atoms with van der Waals surface area (Å²) in [7, 11) is -3.33. The van der Waals surface area contributed by atoms with E-state index >= 15 is 0 Å². The number of nitrogens with one attached hydrogen (secondary N) is 1. The topological polar surface area (TPSA) is 46.2 Å². The van der Waals surface area contributed by atoms with Crippen molar-refractivity contribution < 1.29 is 8.42 Å².